The summed E-state index contributed by atoms with van der Waals surface area (Å²) in [5.74, 6) is -0.978. The van der Waals surface area contributed by atoms with Crippen LogP contribution in [0.3, 0.4) is 0 Å². The molecule has 0 aliphatic carbocycles. The number of aromatic nitrogens is 1. The zero-order valence-corrected chi connectivity index (χ0v) is 16.6. The smallest absolute Gasteiger partial charge is 0.341 e. The van der Waals surface area contributed by atoms with E-state index in [4.69, 9.17) is 16.3 Å². The van der Waals surface area contributed by atoms with Gasteiger partial charge in [-0.05, 0) is 29.8 Å². The van der Waals surface area contributed by atoms with Gasteiger partial charge in [0.2, 0.25) is 0 Å². The summed E-state index contributed by atoms with van der Waals surface area (Å²) in [4.78, 5) is 28.7. The summed E-state index contributed by atoms with van der Waals surface area (Å²) in [6.07, 6.45) is 1.50. The lowest BCUT2D eigenvalue weighted by Crippen LogP contribution is -2.15. The Morgan fingerprint density at radius 3 is 2.62 bits per heavy atom. The minimum absolute atomic E-state index is 0.0920. The Kier molecular flexibility index (Phi) is 5.70. The molecule has 1 amide bonds. The second-order valence-electron chi connectivity index (χ2n) is 5.15. The number of carbonyl (C=O) groups excluding carboxylic acids is 2. The Bertz CT molecular complexity index is 973. The van der Waals surface area contributed by atoms with E-state index in [0.29, 0.717) is 16.1 Å². The van der Waals surface area contributed by atoms with Crippen molar-refractivity contribution in [1.82, 2.24) is 4.98 Å². The van der Waals surface area contributed by atoms with Gasteiger partial charge in [0.05, 0.1) is 12.7 Å². The highest BCUT2D eigenvalue weighted by atomic mass is 79.9. The Morgan fingerprint density at radius 2 is 1.96 bits per heavy atom. The number of anilines is 1. The number of ether oxygens (including phenoxy) is 1. The summed E-state index contributed by atoms with van der Waals surface area (Å²) in [7, 11) is 1.30. The van der Waals surface area contributed by atoms with E-state index in [1.54, 1.807) is 17.5 Å². The number of hydrogen-bond acceptors (Lipinski definition) is 5. The molecule has 2 aromatic heterocycles. The van der Waals surface area contributed by atoms with Crippen molar-refractivity contribution in [2.45, 2.75) is 0 Å². The lowest BCUT2D eigenvalue weighted by Gasteiger charge is -2.08. The maximum absolute atomic E-state index is 12.5. The number of thiophene rings is 1. The van der Waals surface area contributed by atoms with Gasteiger partial charge in [-0.1, -0.05) is 39.7 Å². The molecule has 26 heavy (non-hydrogen) atoms. The van der Waals surface area contributed by atoms with Crippen molar-refractivity contribution in [1.29, 1.82) is 0 Å². The highest BCUT2D eigenvalue weighted by Crippen LogP contribution is 2.37. The Morgan fingerprint density at radius 1 is 1.23 bits per heavy atom. The maximum Gasteiger partial charge on any atom is 0.341 e. The van der Waals surface area contributed by atoms with Gasteiger partial charge in [-0.25, -0.2) is 9.78 Å². The summed E-state index contributed by atoms with van der Waals surface area (Å²) < 4.78 is 5.83. The van der Waals surface area contributed by atoms with Crippen LogP contribution < -0.4 is 5.32 Å². The molecule has 3 rings (SSSR count). The number of esters is 1. The molecule has 3 aromatic rings. The van der Waals surface area contributed by atoms with Gasteiger partial charge in [-0.15, -0.1) is 11.3 Å². The van der Waals surface area contributed by atoms with E-state index in [1.807, 2.05) is 24.3 Å². The number of hydrogen-bond donors (Lipinski definition) is 1. The van der Waals surface area contributed by atoms with Crippen molar-refractivity contribution >= 4 is 55.7 Å². The number of methoxy groups -OCH3 is 1. The average molecular weight is 452 g/mol. The zero-order chi connectivity index (χ0) is 18.7. The predicted molar refractivity (Wildman–Crippen MR) is 106 cm³/mol. The van der Waals surface area contributed by atoms with Crippen LogP contribution in [0.15, 0.2) is 52.4 Å². The van der Waals surface area contributed by atoms with Gasteiger partial charge < -0.3 is 10.1 Å². The van der Waals surface area contributed by atoms with Gasteiger partial charge in [-0.3, -0.25) is 4.79 Å². The number of nitrogens with zero attached hydrogens (tertiary/aromatic N) is 1. The minimum atomic E-state index is -0.531. The van der Waals surface area contributed by atoms with E-state index in [9.17, 15) is 9.59 Å². The molecule has 8 heteroatoms. The second kappa shape index (κ2) is 7.99. The second-order valence-corrected chi connectivity index (χ2v) is 7.30. The summed E-state index contributed by atoms with van der Waals surface area (Å²) in [6.45, 7) is 0. The first-order valence-corrected chi connectivity index (χ1v) is 9.44. The molecule has 0 unspecified atom stereocenters. The number of pyridine rings is 1. The first-order valence-electron chi connectivity index (χ1n) is 7.39. The van der Waals surface area contributed by atoms with Crippen LogP contribution >= 0.6 is 38.9 Å². The molecule has 0 saturated heterocycles. The van der Waals surface area contributed by atoms with Crippen LogP contribution in [0.2, 0.25) is 5.15 Å². The van der Waals surface area contributed by atoms with Crippen LogP contribution in [-0.2, 0) is 4.74 Å². The van der Waals surface area contributed by atoms with Crippen molar-refractivity contribution in [2.75, 3.05) is 12.4 Å². The van der Waals surface area contributed by atoms with E-state index in [1.165, 1.54) is 24.6 Å². The minimum Gasteiger partial charge on any atom is -0.465 e. The monoisotopic (exact) mass is 450 g/mol. The first-order chi connectivity index (χ1) is 12.5. The molecule has 0 bridgehead atoms. The van der Waals surface area contributed by atoms with E-state index in [-0.39, 0.29) is 10.7 Å². The molecule has 0 atom stereocenters. The molecule has 1 N–H and O–H groups in total. The van der Waals surface area contributed by atoms with Crippen molar-refractivity contribution in [3.8, 4) is 11.1 Å². The Balaban J connectivity index is 2.00. The molecule has 0 aliphatic rings. The van der Waals surface area contributed by atoms with Crippen LogP contribution in [-0.4, -0.2) is 24.0 Å². The van der Waals surface area contributed by atoms with E-state index < -0.39 is 11.9 Å². The third kappa shape index (κ3) is 3.80. The molecular weight excluding hydrogens is 440 g/mol. The van der Waals surface area contributed by atoms with Gasteiger partial charge in [0.1, 0.15) is 15.7 Å². The van der Waals surface area contributed by atoms with E-state index in [0.717, 1.165) is 10.0 Å². The van der Waals surface area contributed by atoms with Crippen LogP contribution in [0.1, 0.15) is 20.7 Å². The number of nitrogens with one attached hydrogen (secondary N) is 1. The van der Waals surface area contributed by atoms with Crippen LogP contribution in [0.5, 0.6) is 0 Å². The molecule has 0 saturated carbocycles. The van der Waals surface area contributed by atoms with Crippen LogP contribution in [0.25, 0.3) is 11.1 Å². The molecule has 1 aromatic carbocycles. The maximum atomic E-state index is 12.5. The summed E-state index contributed by atoms with van der Waals surface area (Å²) in [5, 5.41) is 5.01. The fraction of sp³-hybridized carbons (Fsp3) is 0.0556. The summed E-state index contributed by atoms with van der Waals surface area (Å²) in [5.41, 5.74) is 2.04. The Labute approximate surface area is 167 Å². The third-order valence-electron chi connectivity index (χ3n) is 3.57. The molecule has 0 aliphatic heterocycles. The van der Waals surface area contributed by atoms with E-state index >= 15 is 0 Å². The molecular formula is C18H12BrClN2O3S. The highest BCUT2D eigenvalue weighted by molar-refractivity contribution is 9.10. The van der Waals surface area contributed by atoms with Crippen LogP contribution in [0, 0.1) is 0 Å². The summed E-state index contributed by atoms with van der Waals surface area (Å²) >= 11 is 10.6. The fourth-order valence-electron chi connectivity index (χ4n) is 2.32. The lowest BCUT2D eigenvalue weighted by molar-refractivity contribution is 0.0603. The summed E-state index contributed by atoms with van der Waals surface area (Å²) in [6, 6.07) is 10.7. The molecule has 0 radical (unpaired) electrons. The standard InChI is InChI=1S/C18H12BrClN2O3S/c1-25-18(24)14-13(10-4-6-11(19)7-5-10)9-26-17(14)22-16(23)12-3-2-8-21-15(12)20/h2-9H,1H3,(H,22,23). The normalized spacial score (nSPS) is 10.4. The topological polar surface area (TPSA) is 68.3 Å². The van der Waals surface area contributed by atoms with Gasteiger partial charge in [0, 0.05) is 21.6 Å². The molecule has 132 valence electrons. The number of amides is 1. The van der Waals surface area contributed by atoms with Crippen LogP contribution in [0.4, 0.5) is 5.00 Å². The quantitative estimate of drug-likeness (QED) is 0.434. The highest BCUT2D eigenvalue weighted by Gasteiger charge is 2.23. The van der Waals surface area contributed by atoms with Crippen molar-refractivity contribution in [2.24, 2.45) is 0 Å². The SMILES string of the molecule is COC(=O)c1c(-c2ccc(Br)cc2)csc1NC(=O)c1cccnc1Cl. The first kappa shape index (κ1) is 18.6. The molecule has 2 heterocycles. The Hall–Kier alpha value is -2.22. The number of halogens is 2. The van der Waals surface area contributed by atoms with Crippen molar-refractivity contribution in [3.05, 3.63) is 68.7 Å². The van der Waals surface area contributed by atoms with Gasteiger partial charge in [-0.2, -0.15) is 0 Å². The zero-order valence-electron chi connectivity index (χ0n) is 13.5. The van der Waals surface area contributed by atoms with Crippen molar-refractivity contribution < 1.29 is 14.3 Å². The molecule has 5 nitrogen and oxygen atoms in total. The largest absolute Gasteiger partial charge is 0.465 e. The van der Waals surface area contributed by atoms with E-state index in [2.05, 4.69) is 26.2 Å². The van der Waals surface area contributed by atoms with Crippen molar-refractivity contribution in [3.63, 3.8) is 0 Å². The average Bonchev–Trinajstić information content (AvgIpc) is 3.05. The third-order valence-corrected chi connectivity index (χ3v) is 5.29. The number of benzene rings is 1. The lowest BCUT2D eigenvalue weighted by atomic mass is 10.0. The van der Waals surface area contributed by atoms with Gasteiger partial charge >= 0.3 is 5.97 Å². The molecule has 0 spiro atoms. The van der Waals surface area contributed by atoms with Gasteiger partial charge in [0.15, 0.2) is 0 Å². The predicted octanol–water partition coefficient (Wildman–Crippen LogP) is 5.26. The number of rotatable bonds is 4. The molecule has 0 fully saturated rings. The fourth-order valence-corrected chi connectivity index (χ4v) is 3.74. The number of carbonyl (C=O) groups is 2. The van der Waals surface area contributed by atoms with Gasteiger partial charge in [0.25, 0.3) is 5.91 Å².